The van der Waals surface area contributed by atoms with Crippen LogP contribution in [0.2, 0.25) is 0 Å². The highest BCUT2D eigenvalue weighted by Gasteiger charge is 2.43. The molecule has 0 radical (unpaired) electrons. The van der Waals surface area contributed by atoms with Gasteiger partial charge in [-0.1, -0.05) is 55.0 Å². The average molecular weight is 368 g/mol. The van der Waals surface area contributed by atoms with E-state index in [1.807, 2.05) is 18.2 Å². The molecule has 2 aromatic carbocycles. The Morgan fingerprint density at radius 1 is 1.11 bits per heavy atom. The molecule has 2 N–H and O–H groups in total. The molecule has 0 spiro atoms. The largest absolute Gasteiger partial charge is 0.508 e. The summed E-state index contributed by atoms with van der Waals surface area (Å²) in [5, 5.41) is 13.5. The van der Waals surface area contributed by atoms with Crippen molar-refractivity contribution in [1.82, 2.24) is 5.32 Å². The molecule has 0 bridgehead atoms. The van der Waals surface area contributed by atoms with E-state index in [1.54, 1.807) is 6.07 Å². The molecule has 1 heterocycles. The average Bonchev–Trinajstić information content (AvgIpc) is 2.67. The molecule has 0 unspecified atom stereocenters. The van der Waals surface area contributed by atoms with E-state index in [-0.39, 0.29) is 11.0 Å². The van der Waals surface area contributed by atoms with Gasteiger partial charge in [-0.15, -0.1) is 0 Å². The van der Waals surface area contributed by atoms with Crippen LogP contribution < -0.4 is 5.32 Å². The second kappa shape index (κ2) is 8.45. The predicted octanol–water partition coefficient (Wildman–Crippen LogP) is 5.10. The van der Waals surface area contributed by atoms with Gasteiger partial charge in [-0.25, -0.2) is 0 Å². The summed E-state index contributed by atoms with van der Waals surface area (Å²) < 4.78 is 6.15. The van der Waals surface area contributed by atoms with E-state index in [9.17, 15) is 5.11 Å². The summed E-state index contributed by atoms with van der Waals surface area (Å²) >= 11 is 0. The highest BCUT2D eigenvalue weighted by molar-refractivity contribution is 5.32. The summed E-state index contributed by atoms with van der Waals surface area (Å²) in [6, 6.07) is 16.6. The molecule has 0 saturated carbocycles. The van der Waals surface area contributed by atoms with Crippen molar-refractivity contribution in [2.75, 3.05) is 13.2 Å². The van der Waals surface area contributed by atoms with Gasteiger partial charge in [-0.2, -0.15) is 0 Å². The Kier molecular flexibility index (Phi) is 6.23. The Labute approximate surface area is 163 Å². The summed E-state index contributed by atoms with van der Waals surface area (Å²) in [4.78, 5) is 0. The maximum atomic E-state index is 9.96. The van der Waals surface area contributed by atoms with Crippen molar-refractivity contribution >= 4 is 0 Å². The summed E-state index contributed by atoms with van der Waals surface area (Å²) in [5.41, 5.74) is 3.77. The van der Waals surface area contributed by atoms with Gasteiger partial charge in [0.25, 0.3) is 0 Å². The Balaban J connectivity index is 1.72. The van der Waals surface area contributed by atoms with Crippen LogP contribution in [0.5, 0.6) is 5.75 Å². The number of aromatic hydroxyl groups is 1. The van der Waals surface area contributed by atoms with Crippen LogP contribution in [0, 0.1) is 6.92 Å². The minimum absolute atomic E-state index is 0.0547. The molecule has 146 valence electrons. The summed E-state index contributed by atoms with van der Waals surface area (Å²) in [6.07, 6.45) is 4.22. The number of ether oxygens (including phenoxy) is 1. The molecule has 0 aromatic heterocycles. The van der Waals surface area contributed by atoms with Gasteiger partial charge < -0.3 is 15.2 Å². The van der Waals surface area contributed by atoms with E-state index in [2.05, 4.69) is 50.4 Å². The van der Waals surface area contributed by atoms with E-state index < -0.39 is 0 Å². The summed E-state index contributed by atoms with van der Waals surface area (Å²) in [5.74, 6) is 0.364. The third-order valence-electron chi connectivity index (χ3n) is 6.24. The molecular formula is C24H33NO2. The number of rotatable bonds is 7. The lowest BCUT2D eigenvalue weighted by Crippen LogP contribution is -2.46. The van der Waals surface area contributed by atoms with Crippen LogP contribution in [0.4, 0.5) is 0 Å². The summed E-state index contributed by atoms with van der Waals surface area (Å²) in [6.45, 7) is 9.05. The zero-order valence-corrected chi connectivity index (χ0v) is 16.9. The first kappa shape index (κ1) is 19.9. The van der Waals surface area contributed by atoms with Crippen LogP contribution in [0.25, 0.3) is 0 Å². The van der Waals surface area contributed by atoms with Crippen molar-refractivity contribution in [2.24, 2.45) is 0 Å². The molecule has 2 aromatic rings. The van der Waals surface area contributed by atoms with Crippen molar-refractivity contribution in [3.63, 3.8) is 0 Å². The SMILES string of the molecule is CC[C@]1(C)C[C@@](CCNCc2ccccc2O)(c2ccc(C)cc2)CCO1. The normalized spacial score (nSPS) is 25.4. The minimum Gasteiger partial charge on any atom is -0.508 e. The fourth-order valence-electron chi connectivity index (χ4n) is 4.30. The molecule has 27 heavy (non-hydrogen) atoms. The van der Waals surface area contributed by atoms with Gasteiger partial charge in [0.05, 0.1) is 5.60 Å². The van der Waals surface area contributed by atoms with E-state index in [0.29, 0.717) is 12.3 Å². The van der Waals surface area contributed by atoms with Crippen LogP contribution >= 0.6 is 0 Å². The van der Waals surface area contributed by atoms with E-state index in [0.717, 1.165) is 44.4 Å². The summed E-state index contributed by atoms with van der Waals surface area (Å²) in [7, 11) is 0. The highest BCUT2D eigenvalue weighted by atomic mass is 16.5. The Morgan fingerprint density at radius 2 is 1.85 bits per heavy atom. The van der Waals surface area contributed by atoms with Gasteiger partial charge in [0, 0.05) is 24.1 Å². The standard InChI is InChI=1S/C24H33NO2/c1-4-23(3)18-24(14-16-27-23,21-11-9-19(2)10-12-21)13-15-25-17-20-7-5-6-8-22(20)26/h5-12,25-26H,4,13-18H2,1-3H3/t23-,24+/m1/s1. The van der Waals surface area contributed by atoms with E-state index in [4.69, 9.17) is 4.74 Å². The molecule has 0 aliphatic carbocycles. The van der Waals surface area contributed by atoms with Gasteiger partial charge in [0.1, 0.15) is 5.75 Å². The van der Waals surface area contributed by atoms with Gasteiger partial charge in [-0.3, -0.25) is 0 Å². The molecule has 3 nitrogen and oxygen atoms in total. The maximum absolute atomic E-state index is 9.96. The molecule has 1 fully saturated rings. The molecular weight excluding hydrogens is 334 g/mol. The quantitative estimate of drug-likeness (QED) is 0.669. The number of nitrogens with one attached hydrogen (secondary N) is 1. The van der Waals surface area contributed by atoms with E-state index in [1.165, 1.54) is 11.1 Å². The van der Waals surface area contributed by atoms with Crippen molar-refractivity contribution in [1.29, 1.82) is 0 Å². The second-order valence-corrected chi connectivity index (χ2v) is 8.28. The highest BCUT2D eigenvalue weighted by Crippen LogP contribution is 2.45. The smallest absolute Gasteiger partial charge is 0.120 e. The number of para-hydroxylation sites is 1. The minimum atomic E-state index is -0.0547. The molecule has 3 heteroatoms. The monoisotopic (exact) mass is 367 g/mol. The first-order valence-electron chi connectivity index (χ1n) is 10.2. The molecule has 1 aliphatic rings. The number of hydrogen-bond acceptors (Lipinski definition) is 3. The lowest BCUT2D eigenvalue weighted by atomic mass is 9.66. The van der Waals surface area contributed by atoms with Gasteiger partial charge in [-0.05, 0) is 57.7 Å². The van der Waals surface area contributed by atoms with Crippen molar-refractivity contribution in [2.45, 2.75) is 64.0 Å². The molecule has 2 atom stereocenters. The first-order chi connectivity index (χ1) is 13.0. The predicted molar refractivity (Wildman–Crippen MR) is 111 cm³/mol. The zero-order valence-electron chi connectivity index (χ0n) is 16.9. The number of aryl methyl sites for hydroxylation is 1. The van der Waals surface area contributed by atoms with Crippen LogP contribution in [-0.4, -0.2) is 23.9 Å². The Morgan fingerprint density at radius 3 is 2.56 bits per heavy atom. The molecule has 1 aliphatic heterocycles. The van der Waals surface area contributed by atoms with Crippen LogP contribution in [-0.2, 0) is 16.7 Å². The first-order valence-corrected chi connectivity index (χ1v) is 10.2. The van der Waals surface area contributed by atoms with Crippen molar-refractivity contribution < 1.29 is 9.84 Å². The fraction of sp³-hybridized carbons (Fsp3) is 0.500. The molecule has 1 saturated heterocycles. The van der Waals surface area contributed by atoms with Crippen molar-refractivity contribution in [3.05, 3.63) is 65.2 Å². The second-order valence-electron chi connectivity index (χ2n) is 8.28. The number of benzene rings is 2. The maximum Gasteiger partial charge on any atom is 0.120 e. The number of phenols is 1. The molecule has 0 amide bonds. The fourth-order valence-corrected chi connectivity index (χ4v) is 4.30. The third kappa shape index (κ3) is 4.72. The van der Waals surface area contributed by atoms with Crippen molar-refractivity contribution in [3.8, 4) is 5.75 Å². The van der Waals surface area contributed by atoms with Gasteiger partial charge in [0.2, 0.25) is 0 Å². The van der Waals surface area contributed by atoms with Crippen LogP contribution in [0.1, 0.15) is 56.2 Å². The van der Waals surface area contributed by atoms with Gasteiger partial charge >= 0.3 is 0 Å². The van der Waals surface area contributed by atoms with Gasteiger partial charge in [0.15, 0.2) is 0 Å². The van der Waals surface area contributed by atoms with Crippen LogP contribution in [0.15, 0.2) is 48.5 Å². The lowest BCUT2D eigenvalue weighted by Gasteiger charge is -2.47. The lowest BCUT2D eigenvalue weighted by molar-refractivity contribution is -0.0979. The Hall–Kier alpha value is -1.84. The number of hydrogen-bond donors (Lipinski definition) is 2. The topological polar surface area (TPSA) is 41.5 Å². The van der Waals surface area contributed by atoms with Crippen LogP contribution in [0.3, 0.4) is 0 Å². The van der Waals surface area contributed by atoms with E-state index >= 15 is 0 Å². The third-order valence-corrected chi connectivity index (χ3v) is 6.24. The Bertz CT molecular complexity index is 742. The molecule has 3 rings (SSSR count). The number of phenolic OH excluding ortho intramolecular Hbond substituents is 1. The zero-order chi connectivity index (χ0) is 19.3.